The summed E-state index contributed by atoms with van der Waals surface area (Å²) in [7, 11) is 0. The number of benzene rings is 1. The van der Waals surface area contributed by atoms with Crippen LogP contribution in [0, 0.1) is 5.41 Å². The van der Waals surface area contributed by atoms with Gasteiger partial charge < -0.3 is 9.73 Å². The minimum absolute atomic E-state index is 0.534. The quantitative estimate of drug-likeness (QED) is 0.865. The molecule has 0 radical (unpaired) electrons. The van der Waals surface area contributed by atoms with E-state index in [-0.39, 0.29) is 0 Å². The zero-order valence-corrected chi connectivity index (χ0v) is 12.0. The minimum Gasteiger partial charge on any atom is -0.461 e. The van der Waals surface area contributed by atoms with Crippen molar-refractivity contribution in [2.75, 3.05) is 6.54 Å². The molecule has 2 aromatic rings. The molecule has 2 nitrogen and oxygen atoms in total. The number of nitrogens with one attached hydrogen (secondary N) is 1. The third kappa shape index (κ3) is 2.42. The number of furan rings is 1. The maximum atomic E-state index is 5.93. The van der Waals surface area contributed by atoms with Crippen molar-refractivity contribution in [3.63, 3.8) is 0 Å². The number of fused-ring (bicyclic) bond motifs is 1. The van der Waals surface area contributed by atoms with Crippen LogP contribution >= 0.6 is 0 Å². The monoisotopic (exact) mass is 257 g/mol. The lowest BCUT2D eigenvalue weighted by Gasteiger charge is -2.38. The Morgan fingerprint density at radius 3 is 2.74 bits per heavy atom. The van der Waals surface area contributed by atoms with Crippen LogP contribution in [0.3, 0.4) is 0 Å². The Bertz CT molecular complexity index is 566. The fourth-order valence-corrected chi connectivity index (χ4v) is 3.08. The van der Waals surface area contributed by atoms with Crippen LogP contribution in [-0.2, 0) is 13.0 Å². The van der Waals surface area contributed by atoms with Gasteiger partial charge in [-0.3, -0.25) is 0 Å². The molecule has 0 saturated heterocycles. The summed E-state index contributed by atoms with van der Waals surface area (Å²) in [5.74, 6) is 1.13. The van der Waals surface area contributed by atoms with Gasteiger partial charge in [0.05, 0.1) is 0 Å². The van der Waals surface area contributed by atoms with Crippen LogP contribution in [0.2, 0.25) is 0 Å². The Kier molecular flexibility index (Phi) is 3.36. The van der Waals surface area contributed by atoms with Gasteiger partial charge in [-0.25, -0.2) is 0 Å². The lowest BCUT2D eigenvalue weighted by atomic mass is 9.70. The molecule has 19 heavy (non-hydrogen) atoms. The lowest BCUT2D eigenvalue weighted by Crippen LogP contribution is -2.37. The van der Waals surface area contributed by atoms with Crippen molar-refractivity contribution in [1.82, 2.24) is 5.32 Å². The maximum absolute atomic E-state index is 5.93. The second-order valence-corrected chi connectivity index (χ2v) is 6.12. The van der Waals surface area contributed by atoms with E-state index in [1.165, 1.54) is 30.2 Å². The average Bonchev–Trinajstić information content (AvgIpc) is 2.75. The zero-order chi connectivity index (χ0) is 13.3. The predicted octanol–water partition coefficient (Wildman–Crippen LogP) is 4.28. The molecule has 0 bridgehead atoms. The van der Waals surface area contributed by atoms with Crippen molar-refractivity contribution < 1.29 is 4.42 Å². The first kappa shape index (κ1) is 12.7. The van der Waals surface area contributed by atoms with Gasteiger partial charge in [0.2, 0.25) is 0 Å². The van der Waals surface area contributed by atoms with Crippen LogP contribution in [0.25, 0.3) is 11.0 Å². The third-order valence-electron chi connectivity index (χ3n) is 4.52. The van der Waals surface area contributed by atoms with Crippen LogP contribution < -0.4 is 5.32 Å². The summed E-state index contributed by atoms with van der Waals surface area (Å²) in [6.07, 6.45) is 5.09. The molecule has 1 heterocycles. The second-order valence-electron chi connectivity index (χ2n) is 6.12. The highest BCUT2D eigenvalue weighted by Crippen LogP contribution is 2.39. The third-order valence-corrected chi connectivity index (χ3v) is 4.52. The molecule has 1 aliphatic rings. The Labute approximate surface area is 115 Å². The topological polar surface area (TPSA) is 25.2 Å². The molecule has 3 rings (SSSR count). The first-order valence-electron chi connectivity index (χ1n) is 7.42. The largest absolute Gasteiger partial charge is 0.461 e. The molecule has 1 fully saturated rings. The van der Waals surface area contributed by atoms with Crippen molar-refractivity contribution in [1.29, 1.82) is 0 Å². The number of para-hydroxylation sites is 1. The molecule has 1 saturated carbocycles. The van der Waals surface area contributed by atoms with E-state index in [0.717, 1.165) is 30.9 Å². The standard InChI is InChI=1S/C17H23NO/c1-3-15-14(11-18-12-17(2)9-6-10-17)13-7-4-5-8-16(13)19-15/h4-5,7-8,18H,3,6,9-12H2,1-2H3. The van der Waals surface area contributed by atoms with Crippen molar-refractivity contribution in [3.8, 4) is 0 Å². The van der Waals surface area contributed by atoms with E-state index in [9.17, 15) is 0 Å². The van der Waals surface area contributed by atoms with Crippen molar-refractivity contribution in [2.24, 2.45) is 5.41 Å². The van der Waals surface area contributed by atoms with E-state index in [4.69, 9.17) is 4.42 Å². The summed E-state index contributed by atoms with van der Waals surface area (Å²) in [5, 5.41) is 4.91. The van der Waals surface area contributed by atoms with Crippen molar-refractivity contribution in [2.45, 2.75) is 46.1 Å². The molecule has 0 spiro atoms. The van der Waals surface area contributed by atoms with Gasteiger partial charge in [-0.2, -0.15) is 0 Å². The SMILES string of the molecule is CCc1oc2ccccc2c1CNCC1(C)CCC1. The summed E-state index contributed by atoms with van der Waals surface area (Å²) in [5.41, 5.74) is 2.90. The molecule has 1 N–H and O–H groups in total. The summed E-state index contributed by atoms with van der Waals surface area (Å²) < 4.78 is 5.93. The van der Waals surface area contributed by atoms with Gasteiger partial charge in [0.1, 0.15) is 11.3 Å². The Hall–Kier alpha value is -1.28. The molecular weight excluding hydrogens is 234 g/mol. The smallest absolute Gasteiger partial charge is 0.134 e. The Morgan fingerprint density at radius 1 is 1.26 bits per heavy atom. The molecule has 1 aromatic heterocycles. The van der Waals surface area contributed by atoms with E-state index in [2.05, 4.69) is 37.4 Å². The van der Waals surface area contributed by atoms with E-state index >= 15 is 0 Å². The van der Waals surface area contributed by atoms with Crippen molar-refractivity contribution >= 4 is 11.0 Å². The van der Waals surface area contributed by atoms with Crippen LogP contribution in [-0.4, -0.2) is 6.54 Å². The highest BCUT2D eigenvalue weighted by molar-refractivity contribution is 5.82. The van der Waals surface area contributed by atoms with E-state index in [1.54, 1.807) is 0 Å². The van der Waals surface area contributed by atoms with Crippen LogP contribution in [0.5, 0.6) is 0 Å². The fourth-order valence-electron chi connectivity index (χ4n) is 3.08. The molecule has 0 aliphatic heterocycles. The van der Waals surface area contributed by atoms with Gasteiger partial charge in [-0.15, -0.1) is 0 Å². The lowest BCUT2D eigenvalue weighted by molar-refractivity contribution is 0.156. The maximum Gasteiger partial charge on any atom is 0.134 e. The first-order chi connectivity index (χ1) is 9.22. The molecular formula is C17H23NO. The fraction of sp³-hybridized carbons (Fsp3) is 0.529. The van der Waals surface area contributed by atoms with Gasteiger partial charge >= 0.3 is 0 Å². The highest BCUT2D eigenvalue weighted by Gasteiger charge is 2.31. The van der Waals surface area contributed by atoms with Gasteiger partial charge in [0.25, 0.3) is 0 Å². The number of hydrogen-bond donors (Lipinski definition) is 1. The highest BCUT2D eigenvalue weighted by atomic mass is 16.3. The number of hydrogen-bond acceptors (Lipinski definition) is 2. The van der Waals surface area contributed by atoms with E-state index in [1.807, 2.05) is 6.07 Å². The molecule has 0 amide bonds. The molecule has 0 atom stereocenters. The van der Waals surface area contributed by atoms with E-state index in [0.29, 0.717) is 5.41 Å². The van der Waals surface area contributed by atoms with Gasteiger partial charge in [0, 0.05) is 30.5 Å². The van der Waals surface area contributed by atoms with E-state index < -0.39 is 0 Å². The summed E-state index contributed by atoms with van der Waals surface area (Å²) in [6, 6.07) is 8.36. The normalized spacial score (nSPS) is 17.6. The Balaban J connectivity index is 1.75. The second kappa shape index (κ2) is 5.01. The minimum atomic E-state index is 0.534. The first-order valence-corrected chi connectivity index (χ1v) is 7.42. The average molecular weight is 257 g/mol. The Morgan fingerprint density at radius 2 is 2.05 bits per heavy atom. The van der Waals surface area contributed by atoms with Crippen LogP contribution in [0.15, 0.2) is 28.7 Å². The van der Waals surface area contributed by atoms with Gasteiger partial charge in [-0.05, 0) is 24.3 Å². The number of aryl methyl sites for hydroxylation is 1. The molecule has 102 valence electrons. The van der Waals surface area contributed by atoms with Crippen LogP contribution in [0.1, 0.15) is 44.4 Å². The van der Waals surface area contributed by atoms with Gasteiger partial charge in [0.15, 0.2) is 0 Å². The summed E-state index contributed by atoms with van der Waals surface area (Å²) in [6.45, 7) is 6.59. The zero-order valence-electron chi connectivity index (χ0n) is 12.0. The summed E-state index contributed by atoms with van der Waals surface area (Å²) in [4.78, 5) is 0. The van der Waals surface area contributed by atoms with Crippen LogP contribution in [0.4, 0.5) is 0 Å². The molecule has 1 aliphatic carbocycles. The predicted molar refractivity (Wildman–Crippen MR) is 79.3 cm³/mol. The summed E-state index contributed by atoms with van der Waals surface area (Å²) >= 11 is 0. The van der Waals surface area contributed by atoms with Gasteiger partial charge in [-0.1, -0.05) is 38.5 Å². The van der Waals surface area contributed by atoms with Crippen molar-refractivity contribution in [3.05, 3.63) is 35.6 Å². The number of rotatable bonds is 5. The molecule has 0 unspecified atom stereocenters. The molecule has 2 heteroatoms. The molecule has 1 aromatic carbocycles.